The lowest BCUT2D eigenvalue weighted by molar-refractivity contribution is 0.0474. The minimum absolute atomic E-state index is 0.373. The Hall–Kier alpha value is -0.0300. The summed E-state index contributed by atoms with van der Waals surface area (Å²) in [6, 6.07) is 5.03. The van der Waals surface area contributed by atoms with Crippen molar-refractivity contribution in [2.45, 2.75) is 45.3 Å². The number of nitrogens with one attached hydrogen (secondary N) is 1. The van der Waals surface area contributed by atoms with Crippen LogP contribution in [0, 0.1) is 0 Å². The van der Waals surface area contributed by atoms with Crippen LogP contribution in [-0.4, -0.2) is 36.8 Å². The van der Waals surface area contributed by atoms with Gasteiger partial charge in [-0.3, -0.25) is 0 Å². The van der Waals surface area contributed by atoms with Crippen LogP contribution in [0.3, 0.4) is 0 Å². The Balaban J connectivity index is 1.95. The Labute approximate surface area is 125 Å². The summed E-state index contributed by atoms with van der Waals surface area (Å²) >= 11 is 3.98. The third-order valence-corrected chi connectivity index (χ3v) is 5.71. The number of thioether (sulfide) groups is 1. The van der Waals surface area contributed by atoms with Gasteiger partial charge in [0, 0.05) is 27.3 Å². The van der Waals surface area contributed by atoms with Crippen molar-refractivity contribution < 1.29 is 4.74 Å². The Morgan fingerprint density at radius 1 is 1.37 bits per heavy atom. The Kier molecular flexibility index (Phi) is 6.71. The summed E-state index contributed by atoms with van der Waals surface area (Å²) in [6.45, 7) is 6.44. The molecule has 0 radical (unpaired) electrons. The van der Waals surface area contributed by atoms with Gasteiger partial charge in [-0.05, 0) is 37.9 Å². The molecule has 0 bridgehead atoms. The molecule has 1 fully saturated rings. The van der Waals surface area contributed by atoms with Crippen LogP contribution in [0.1, 0.15) is 30.0 Å². The molecule has 0 aromatic carbocycles. The van der Waals surface area contributed by atoms with Crippen molar-refractivity contribution in [3.63, 3.8) is 0 Å². The van der Waals surface area contributed by atoms with E-state index in [9.17, 15) is 0 Å². The van der Waals surface area contributed by atoms with E-state index < -0.39 is 0 Å². The maximum Gasteiger partial charge on any atom is 0.0822 e. The van der Waals surface area contributed by atoms with Gasteiger partial charge >= 0.3 is 0 Å². The van der Waals surface area contributed by atoms with Crippen LogP contribution in [0.15, 0.2) is 12.1 Å². The molecule has 2 unspecified atom stereocenters. The largest absolute Gasteiger partial charge is 0.375 e. The molecule has 0 amide bonds. The standard InChI is InChI=1S/C15H25NOS2/c1-3-7-16-14(15-11-18-9-8-17-15)10-13-6-5-12(4-2)19-13/h5-6,14-16H,3-4,7-11H2,1-2H3. The number of hydrogen-bond donors (Lipinski definition) is 1. The van der Waals surface area contributed by atoms with Crippen molar-refractivity contribution in [2.24, 2.45) is 0 Å². The van der Waals surface area contributed by atoms with E-state index in [0.29, 0.717) is 12.1 Å². The summed E-state index contributed by atoms with van der Waals surface area (Å²) in [7, 11) is 0. The van der Waals surface area contributed by atoms with E-state index in [1.807, 2.05) is 23.1 Å². The Morgan fingerprint density at radius 2 is 2.21 bits per heavy atom. The highest BCUT2D eigenvalue weighted by molar-refractivity contribution is 7.99. The lowest BCUT2D eigenvalue weighted by atomic mass is 10.1. The zero-order chi connectivity index (χ0) is 13.5. The predicted molar refractivity (Wildman–Crippen MR) is 86.5 cm³/mol. The smallest absolute Gasteiger partial charge is 0.0822 e. The normalized spacial score (nSPS) is 21.5. The van der Waals surface area contributed by atoms with Crippen molar-refractivity contribution in [1.29, 1.82) is 0 Å². The van der Waals surface area contributed by atoms with Crippen LogP contribution in [0.4, 0.5) is 0 Å². The van der Waals surface area contributed by atoms with Gasteiger partial charge in [0.25, 0.3) is 0 Å². The molecule has 1 N–H and O–H groups in total. The third-order valence-electron chi connectivity index (χ3n) is 3.43. The average Bonchev–Trinajstić information content (AvgIpc) is 2.92. The molecule has 4 heteroatoms. The second-order valence-corrected chi connectivity index (χ2v) is 7.37. The molecule has 0 saturated carbocycles. The van der Waals surface area contributed by atoms with E-state index >= 15 is 0 Å². The molecule has 0 spiro atoms. The summed E-state index contributed by atoms with van der Waals surface area (Å²) in [5.41, 5.74) is 0. The average molecular weight is 300 g/mol. The van der Waals surface area contributed by atoms with Gasteiger partial charge in [-0.25, -0.2) is 0 Å². The van der Waals surface area contributed by atoms with E-state index in [2.05, 4.69) is 31.3 Å². The molecule has 2 nitrogen and oxygen atoms in total. The van der Waals surface area contributed by atoms with E-state index in [1.165, 1.54) is 16.2 Å². The molecule has 1 aliphatic heterocycles. The fourth-order valence-corrected chi connectivity index (χ4v) is 4.30. The summed E-state index contributed by atoms with van der Waals surface area (Å²) in [4.78, 5) is 2.98. The van der Waals surface area contributed by atoms with Gasteiger partial charge in [-0.2, -0.15) is 11.8 Å². The lowest BCUT2D eigenvalue weighted by Gasteiger charge is -2.30. The second-order valence-electron chi connectivity index (χ2n) is 4.97. The highest BCUT2D eigenvalue weighted by Gasteiger charge is 2.25. The molecule has 2 heterocycles. The molecule has 19 heavy (non-hydrogen) atoms. The van der Waals surface area contributed by atoms with E-state index in [1.54, 1.807) is 0 Å². The topological polar surface area (TPSA) is 21.3 Å². The van der Waals surface area contributed by atoms with Crippen molar-refractivity contribution in [2.75, 3.05) is 24.7 Å². The van der Waals surface area contributed by atoms with Gasteiger partial charge in [-0.1, -0.05) is 13.8 Å². The summed E-state index contributed by atoms with van der Waals surface area (Å²) in [5, 5.41) is 3.68. The van der Waals surface area contributed by atoms with Gasteiger partial charge in [-0.15, -0.1) is 11.3 Å². The number of aryl methyl sites for hydroxylation is 1. The fraction of sp³-hybridized carbons (Fsp3) is 0.733. The van der Waals surface area contributed by atoms with Gasteiger partial charge in [0.15, 0.2) is 0 Å². The van der Waals surface area contributed by atoms with Gasteiger partial charge in [0.05, 0.1) is 12.7 Å². The molecule has 1 aromatic rings. The third kappa shape index (κ3) is 4.78. The quantitative estimate of drug-likeness (QED) is 0.834. The fourth-order valence-electron chi connectivity index (χ4n) is 2.34. The number of ether oxygens (including phenoxy) is 1. The Bertz CT molecular complexity index is 361. The molecule has 0 aliphatic carbocycles. The van der Waals surface area contributed by atoms with Crippen LogP contribution < -0.4 is 5.32 Å². The van der Waals surface area contributed by atoms with E-state index in [0.717, 1.165) is 37.5 Å². The maximum absolute atomic E-state index is 5.96. The zero-order valence-corrected chi connectivity index (χ0v) is 13.6. The summed E-state index contributed by atoms with van der Waals surface area (Å²) in [6.07, 6.45) is 3.81. The zero-order valence-electron chi connectivity index (χ0n) is 12.0. The van der Waals surface area contributed by atoms with Crippen LogP contribution in [0.2, 0.25) is 0 Å². The first-order valence-electron chi connectivity index (χ1n) is 7.33. The van der Waals surface area contributed by atoms with Crippen LogP contribution >= 0.6 is 23.1 Å². The summed E-state index contributed by atoms with van der Waals surface area (Å²) in [5.74, 6) is 2.28. The number of hydrogen-bond acceptors (Lipinski definition) is 4. The lowest BCUT2D eigenvalue weighted by Crippen LogP contribution is -2.46. The molecule has 1 saturated heterocycles. The maximum atomic E-state index is 5.96. The van der Waals surface area contributed by atoms with Crippen LogP contribution in [0.25, 0.3) is 0 Å². The highest BCUT2D eigenvalue weighted by atomic mass is 32.2. The van der Waals surface area contributed by atoms with Crippen molar-refractivity contribution >= 4 is 23.1 Å². The molecule has 1 aliphatic rings. The van der Waals surface area contributed by atoms with Crippen molar-refractivity contribution in [3.05, 3.63) is 21.9 Å². The van der Waals surface area contributed by atoms with Crippen LogP contribution in [-0.2, 0) is 17.6 Å². The number of rotatable bonds is 7. The first-order chi connectivity index (χ1) is 9.33. The Morgan fingerprint density at radius 3 is 2.84 bits per heavy atom. The molecule has 2 rings (SSSR count). The van der Waals surface area contributed by atoms with Gasteiger partial charge < -0.3 is 10.1 Å². The highest BCUT2D eigenvalue weighted by Crippen LogP contribution is 2.22. The first kappa shape index (κ1) is 15.4. The van der Waals surface area contributed by atoms with E-state index in [-0.39, 0.29) is 0 Å². The molecule has 108 valence electrons. The minimum atomic E-state index is 0.373. The minimum Gasteiger partial charge on any atom is -0.375 e. The second kappa shape index (κ2) is 8.30. The predicted octanol–water partition coefficient (Wildman–Crippen LogP) is 3.35. The van der Waals surface area contributed by atoms with Crippen LogP contribution in [0.5, 0.6) is 0 Å². The molecule has 2 atom stereocenters. The van der Waals surface area contributed by atoms with Crippen molar-refractivity contribution in [3.8, 4) is 0 Å². The van der Waals surface area contributed by atoms with E-state index in [4.69, 9.17) is 4.74 Å². The molecule has 1 aromatic heterocycles. The number of thiophene rings is 1. The monoisotopic (exact) mass is 299 g/mol. The SMILES string of the molecule is CCCNC(Cc1ccc(CC)s1)C1CSCCO1. The molecular formula is C15H25NOS2. The summed E-state index contributed by atoms with van der Waals surface area (Å²) < 4.78 is 5.96. The van der Waals surface area contributed by atoms with Crippen molar-refractivity contribution in [1.82, 2.24) is 5.32 Å². The molecular weight excluding hydrogens is 274 g/mol. The van der Waals surface area contributed by atoms with Gasteiger partial charge in [0.1, 0.15) is 0 Å². The first-order valence-corrected chi connectivity index (χ1v) is 9.31. The van der Waals surface area contributed by atoms with Gasteiger partial charge in [0.2, 0.25) is 0 Å².